The Balaban J connectivity index is 1.69. The van der Waals surface area contributed by atoms with Gasteiger partial charge in [0, 0.05) is 23.9 Å². The van der Waals surface area contributed by atoms with Crippen LogP contribution in [0.3, 0.4) is 0 Å². The van der Waals surface area contributed by atoms with Gasteiger partial charge >= 0.3 is 0 Å². The number of nitrogens with zero attached hydrogens (tertiary/aromatic N) is 1. The number of fused-ring (bicyclic) bond motifs is 1. The van der Waals surface area contributed by atoms with Gasteiger partial charge in [-0.15, -0.1) is 11.3 Å². The number of thiophene rings is 1. The first-order valence-corrected chi connectivity index (χ1v) is 9.62. The van der Waals surface area contributed by atoms with Crippen molar-refractivity contribution in [2.45, 2.75) is 38.6 Å². The van der Waals surface area contributed by atoms with E-state index in [-0.39, 0.29) is 11.9 Å². The molecular formula is C20H25NO3S. The predicted molar refractivity (Wildman–Crippen MR) is 101 cm³/mol. The van der Waals surface area contributed by atoms with Gasteiger partial charge in [0.2, 0.25) is 5.91 Å². The van der Waals surface area contributed by atoms with Crippen LogP contribution in [0.25, 0.3) is 0 Å². The van der Waals surface area contributed by atoms with Crippen LogP contribution in [0, 0.1) is 0 Å². The molecule has 1 aliphatic heterocycles. The molecular weight excluding hydrogens is 334 g/mol. The van der Waals surface area contributed by atoms with E-state index in [0.717, 1.165) is 36.4 Å². The number of carbonyl (C=O) groups is 1. The minimum absolute atomic E-state index is 0.224. The van der Waals surface area contributed by atoms with Crippen LogP contribution in [0.2, 0.25) is 0 Å². The van der Waals surface area contributed by atoms with Gasteiger partial charge in [-0.2, -0.15) is 0 Å². The van der Waals surface area contributed by atoms with Crippen molar-refractivity contribution in [3.63, 3.8) is 0 Å². The lowest BCUT2D eigenvalue weighted by molar-refractivity contribution is -0.134. The molecule has 0 N–H and O–H groups in total. The van der Waals surface area contributed by atoms with Gasteiger partial charge in [-0.1, -0.05) is 6.92 Å². The molecule has 0 bridgehead atoms. The quantitative estimate of drug-likeness (QED) is 0.774. The molecule has 0 saturated carbocycles. The molecule has 0 saturated heterocycles. The molecule has 25 heavy (non-hydrogen) atoms. The van der Waals surface area contributed by atoms with Crippen LogP contribution < -0.4 is 9.47 Å². The molecule has 0 radical (unpaired) electrons. The van der Waals surface area contributed by atoms with Gasteiger partial charge in [0.05, 0.1) is 20.3 Å². The summed E-state index contributed by atoms with van der Waals surface area (Å²) in [7, 11) is 3.28. The SMILES string of the molecule is CCC1c2ccsc2CCN1C(=O)CCc1cc(OC)cc(OC)c1. The van der Waals surface area contributed by atoms with Crippen LogP contribution in [0.5, 0.6) is 11.5 Å². The Morgan fingerprint density at radius 2 is 1.96 bits per heavy atom. The van der Waals surface area contributed by atoms with E-state index < -0.39 is 0 Å². The number of carbonyl (C=O) groups excluding carboxylic acids is 1. The number of rotatable bonds is 6. The van der Waals surface area contributed by atoms with E-state index in [9.17, 15) is 4.79 Å². The van der Waals surface area contributed by atoms with Crippen LogP contribution >= 0.6 is 11.3 Å². The number of benzene rings is 1. The van der Waals surface area contributed by atoms with Gasteiger partial charge in [-0.25, -0.2) is 0 Å². The summed E-state index contributed by atoms with van der Waals surface area (Å²) in [4.78, 5) is 16.3. The summed E-state index contributed by atoms with van der Waals surface area (Å²) in [6.07, 6.45) is 3.13. The fraction of sp³-hybridized carbons (Fsp3) is 0.450. The third-order valence-corrected chi connectivity index (χ3v) is 5.84. The van der Waals surface area contributed by atoms with Crippen LogP contribution in [-0.4, -0.2) is 31.6 Å². The number of methoxy groups -OCH3 is 2. The van der Waals surface area contributed by atoms with E-state index in [2.05, 4.69) is 23.3 Å². The highest BCUT2D eigenvalue weighted by atomic mass is 32.1. The minimum atomic E-state index is 0.224. The smallest absolute Gasteiger partial charge is 0.223 e. The highest BCUT2D eigenvalue weighted by Gasteiger charge is 2.29. The van der Waals surface area contributed by atoms with Crippen molar-refractivity contribution < 1.29 is 14.3 Å². The zero-order valence-corrected chi connectivity index (χ0v) is 15.9. The Bertz CT molecular complexity index is 718. The summed E-state index contributed by atoms with van der Waals surface area (Å²) >= 11 is 1.81. The van der Waals surface area contributed by atoms with Crippen LogP contribution in [-0.2, 0) is 17.6 Å². The average Bonchev–Trinajstić information content (AvgIpc) is 3.13. The van der Waals surface area contributed by atoms with E-state index in [1.54, 1.807) is 14.2 Å². The van der Waals surface area contributed by atoms with Gasteiger partial charge in [0.1, 0.15) is 11.5 Å². The maximum Gasteiger partial charge on any atom is 0.223 e. The zero-order valence-electron chi connectivity index (χ0n) is 15.1. The molecule has 4 nitrogen and oxygen atoms in total. The molecule has 0 aliphatic carbocycles. The lowest BCUT2D eigenvalue weighted by Crippen LogP contribution is -2.39. The lowest BCUT2D eigenvalue weighted by atomic mass is 9.97. The molecule has 1 unspecified atom stereocenters. The number of hydrogen-bond acceptors (Lipinski definition) is 4. The first kappa shape index (κ1) is 17.8. The molecule has 134 valence electrons. The van der Waals surface area contributed by atoms with E-state index in [0.29, 0.717) is 12.8 Å². The number of amides is 1. The lowest BCUT2D eigenvalue weighted by Gasteiger charge is -2.35. The summed E-state index contributed by atoms with van der Waals surface area (Å²) in [5.41, 5.74) is 2.40. The molecule has 2 heterocycles. The van der Waals surface area contributed by atoms with Crippen LogP contribution in [0.4, 0.5) is 0 Å². The molecule has 2 aromatic rings. The van der Waals surface area contributed by atoms with Crippen molar-refractivity contribution in [2.75, 3.05) is 20.8 Å². The highest BCUT2D eigenvalue weighted by Crippen LogP contribution is 2.35. The van der Waals surface area contributed by atoms with Gasteiger partial charge in [-0.05, 0) is 54.0 Å². The van der Waals surface area contributed by atoms with Crippen LogP contribution in [0.1, 0.15) is 41.8 Å². The first-order chi connectivity index (χ1) is 12.2. The molecule has 1 aromatic carbocycles. The molecule has 0 spiro atoms. The van der Waals surface area contributed by atoms with Crippen molar-refractivity contribution in [3.05, 3.63) is 45.6 Å². The minimum Gasteiger partial charge on any atom is -0.497 e. The predicted octanol–water partition coefficient (Wildman–Crippen LogP) is 4.23. The highest BCUT2D eigenvalue weighted by molar-refractivity contribution is 7.10. The normalized spacial score (nSPS) is 16.4. The number of hydrogen-bond donors (Lipinski definition) is 0. The summed E-state index contributed by atoms with van der Waals surface area (Å²) < 4.78 is 10.6. The van der Waals surface area contributed by atoms with Gasteiger partial charge in [0.25, 0.3) is 0 Å². The number of aryl methyl sites for hydroxylation is 1. The number of ether oxygens (including phenoxy) is 2. The fourth-order valence-electron chi connectivity index (χ4n) is 3.54. The molecule has 1 atom stereocenters. The first-order valence-electron chi connectivity index (χ1n) is 8.74. The standard InChI is InChI=1S/C20H25NO3S/c1-4-18-17-8-10-25-19(17)7-9-21(18)20(22)6-5-14-11-15(23-2)13-16(12-14)24-3/h8,10-13,18H,4-7,9H2,1-3H3. The van der Waals surface area contributed by atoms with Crippen molar-refractivity contribution in [1.29, 1.82) is 0 Å². The molecule has 0 fully saturated rings. The second-order valence-electron chi connectivity index (χ2n) is 6.28. The van der Waals surface area contributed by atoms with E-state index in [1.807, 2.05) is 29.5 Å². The Morgan fingerprint density at radius 1 is 1.24 bits per heavy atom. The van der Waals surface area contributed by atoms with E-state index in [4.69, 9.17) is 9.47 Å². The van der Waals surface area contributed by atoms with Crippen molar-refractivity contribution in [2.24, 2.45) is 0 Å². The maximum absolute atomic E-state index is 12.8. The summed E-state index contributed by atoms with van der Waals surface area (Å²) in [6.45, 7) is 2.98. The van der Waals surface area contributed by atoms with Gasteiger partial charge in [-0.3, -0.25) is 4.79 Å². The summed E-state index contributed by atoms with van der Waals surface area (Å²) in [5, 5.41) is 2.14. The van der Waals surface area contributed by atoms with Crippen molar-refractivity contribution >= 4 is 17.2 Å². The Labute approximate surface area is 153 Å². The topological polar surface area (TPSA) is 38.8 Å². The zero-order chi connectivity index (χ0) is 17.8. The average molecular weight is 359 g/mol. The Morgan fingerprint density at radius 3 is 2.60 bits per heavy atom. The summed E-state index contributed by atoms with van der Waals surface area (Å²) in [5.74, 6) is 1.74. The molecule has 5 heteroatoms. The fourth-order valence-corrected chi connectivity index (χ4v) is 4.47. The molecule has 1 amide bonds. The van der Waals surface area contributed by atoms with E-state index >= 15 is 0 Å². The molecule has 1 aromatic heterocycles. The van der Waals surface area contributed by atoms with Crippen molar-refractivity contribution in [1.82, 2.24) is 4.90 Å². The third-order valence-electron chi connectivity index (χ3n) is 4.84. The van der Waals surface area contributed by atoms with Gasteiger partial charge < -0.3 is 14.4 Å². The Kier molecular flexibility index (Phi) is 5.63. The second-order valence-corrected chi connectivity index (χ2v) is 7.28. The summed E-state index contributed by atoms with van der Waals surface area (Å²) in [6, 6.07) is 8.20. The third kappa shape index (κ3) is 3.82. The largest absolute Gasteiger partial charge is 0.497 e. The monoisotopic (exact) mass is 359 g/mol. The van der Waals surface area contributed by atoms with E-state index in [1.165, 1.54) is 10.4 Å². The van der Waals surface area contributed by atoms with Crippen LogP contribution in [0.15, 0.2) is 29.6 Å². The van der Waals surface area contributed by atoms with Crippen molar-refractivity contribution in [3.8, 4) is 11.5 Å². The molecule has 3 rings (SSSR count). The maximum atomic E-state index is 12.8. The Hall–Kier alpha value is -2.01. The second kappa shape index (κ2) is 7.91. The molecule has 1 aliphatic rings. The van der Waals surface area contributed by atoms with Gasteiger partial charge in [0.15, 0.2) is 0 Å².